The molecular formula is C19H21FN2O3. The lowest BCUT2D eigenvalue weighted by atomic mass is 10.0. The SMILES string of the molecule is COC(=O)C[C@H]1CN(Cc2ccc(-c3ccncc3)cc2F)CCO1. The molecule has 25 heavy (non-hydrogen) atoms. The summed E-state index contributed by atoms with van der Waals surface area (Å²) in [6.45, 7) is 2.31. The lowest BCUT2D eigenvalue weighted by molar-refractivity contribution is -0.145. The van der Waals surface area contributed by atoms with E-state index < -0.39 is 0 Å². The number of methoxy groups -OCH3 is 1. The number of pyridine rings is 1. The number of benzene rings is 1. The van der Waals surface area contributed by atoms with Gasteiger partial charge in [0.05, 0.1) is 26.2 Å². The third-order valence-corrected chi connectivity index (χ3v) is 4.31. The minimum Gasteiger partial charge on any atom is -0.469 e. The third-order valence-electron chi connectivity index (χ3n) is 4.31. The van der Waals surface area contributed by atoms with Gasteiger partial charge in [-0.25, -0.2) is 4.39 Å². The Bertz CT molecular complexity index is 724. The second-order valence-electron chi connectivity index (χ2n) is 6.05. The topological polar surface area (TPSA) is 51.7 Å². The van der Waals surface area contributed by atoms with Crippen LogP contribution < -0.4 is 0 Å². The quantitative estimate of drug-likeness (QED) is 0.781. The molecule has 1 aromatic carbocycles. The van der Waals surface area contributed by atoms with Gasteiger partial charge in [-0.2, -0.15) is 0 Å². The van der Waals surface area contributed by atoms with Crippen LogP contribution in [0.5, 0.6) is 0 Å². The number of hydrogen-bond acceptors (Lipinski definition) is 5. The second kappa shape index (κ2) is 8.18. The van der Waals surface area contributed by atoms with E-state index in [0.29, 0.717) is 31.8 Å². The van der Waals surface area contributed by atoms with E-state index in [0.717, 1.165) is 11.1 Å². The van der Waals surface area contributed by atoms with Gasteiger partial charge < -0.3 is 9.47 Å². The van der Waals surface area contributed by atoms with E-state index >= 15 is 0 Å². The number of hydrogen-bond donors (Lipinski definition) is 0. The predicted octanol–water partition coefficient (Wildman–Crippen LogP) is 2.65. The molecule has 3 rings (SSSR count). The van der Waals surface area contributed by atoms with E-state index in [4.69, 9.17) is 4.74 Å². The molecule has 0 radical (unpaired) electrons. The maximum Gasteiger partial charge on any atom is 0.308 e. The van der Waals surface area contributed by atoms with Gasteiger partial charge in [-0.05, 0) is 29.3 Å². The second-order valence-corrected chi connectivity index (χ2v) is 6.05. The zero-order chi connectivity index (χ0) is 17.6. The van der Waals surface area contributed by atoms with Crippen LogP contribution in [0.1, 0.15) is 12.0 Å². The highest BCUT2D eigenvalue weighted by molar-refractivity contribution is 5.69. The first-order valence-electron chi connectivity index (χ1n) is 8.25. The molecule has 1 aromatic heterocycles. The maximum absolute atomic E-state index is 14.5. The van der Waals surface area contributed by atoms with E-state index in [1.807, 2.05) is 24.3 Å². The van der Waals surface area contributed by atoms with Crippen molar-refractivity contribution in [1.29, 1.82) is 0 Å². The number of rotatable bonds is 5. The monoisotopic (exact) mass is 344 g/mol. The van der Waals surface area contributed by atoms with Crippen LogP contribution in [0.15, 0.2) is 42.7 Å². The van der Waals surface area contributed by atoms with Crippen LogP contribution in [-0.2, 0) is 20.8 Å². The Balaban J connectivity index is 1.65. The molecule has 0 bridgehead atoms. The fourth-order valence-corrected chi connectivity index (χ4v) is 2.96. The summed E-state index contributed by atoms with van der Waals surface area (Å²) in [5, 5.41) is 0. The van der Waals surface area contributed by atoms with E-state index in [1.54, 1.807) is 18.5 Å². The van der Waals surface area contributed by atoms with Crippen LogP contribution in [-0.4, -0.2) is 48.8 Å². The van der Waals surface area contributed by atoms with E-state index in [1.165, 1.54) is 7.11 Å². The summed E-state index contributed by atoms with van der Waals surface area (Å²) >= 11 is 0. The number of carbonyl (C=O) groups is 1. The Labute approximate surface area is 146 Å². The summed E-state index contributed by atoms with van der Waals surface area (Å²) in [6, 6.07) is 8.99. The van der Waals surface area contributed by atoms with Crippen LogP contribution >= 0.6 is 0 Å². The predicted molar refractivity (Wildman–Crippen MR) is 91.3 cm³/mol. The van der Waals surface area contributed by atoms with Crippen molar-refractivity contribution in [3.05, 3.63) is 54.1 Å². The molecular weight excluding hydrogens is 323 g/mol. The van der Waals surface area contributed by atoms with Crippen LogP contribution in [0, 0.1) is 5.82 Å². The largest absolute Gasteiger partial charge is 0.469 e. The number of nitrogens with zero attached hydrogens (tertiary/aromatic N) is 2. The molecule has 0 unspecified atom stereocenters. The summed E-state index contributed by atoms with van der Waals surface area (Å²) in [5.41, 5.74) is 2.40. The molecule has 1 atom stereocenters. The molecule has 5 nitrogen and oxygen atoms in total. The number of ether oxygens (including phenoxy) is 2. The van der Waals surface area contributed by atoms with Gasteiger partial charge in [0, 0.05) is 37.6 Å². The highest BCUT2D eigenvalue weighted by Gasteiger charge is 2.24. The zero-order valence-corrected chi connectivity index (χ0v) is 14.2. The van der Waals surface area contributed by atoms with Crippen LogP contribution in [0.2, 0.25) is 0 Å². The average Bonchev–Trinajstić information content (AvgIpc) is 2.64. The number of halogens is 1. The van der Waals surface area contributed by atoms with Crippen molar-refractivity contribution in [2.45, 2.75) is 19.1 Å². The van der Waals surface area contributed by atoms with Gasteiger partial charge in [-0.1, -0.05) is 12.1 Å². The minimum absolute atomic E-state index is 0.208. The molecule has 132 valence electrons. The fraction of sp³-hybridized carbons (Fsp3) is 0.368. The first kappa shape index (κ1) is 17.5. The van der Waals surface area contributed by atoms with Crippen molar-refractivity contribution < 1.29 is 18.7 Å². The summed E-state index contributed by atoms with van der Waals surface area (Å²) in [5.74, 6) is -0.523. The Morgan fingerprint density at radius 1 is 1.32 bits per heavy atom. The highest BCUT2D eigenvalue weighted by Crippen LogP contribution is 2.22. The molecule has 1 saturated heterocycles. The molecule has 2 aromatic rings. The molecule has 1 fully saturated rings. The van der Waals surface area contributed by atoms with E-state index in [9.17, 15) is 9.18 Å². The van der Waals surface area contributed by atoms with Crippen LogP contribution in [0.4, 0.5) is 4.39 Å². The van der Waals surface area contributed by atoms with Crippen LogP contribution in [0.25, 0.3) is 11.1 Å². The van der Waals surface area contributed by atoms with Crippen molar-refractivity contribution in [2.24, 2.45) is 0 Å². The number of carbonyl (C=O) groups excluding carboxylic acids is 1. The fourth-order valence-electron chi connectivity index (χ4n) is 2.96. The molecule has 0 saturated carbocycles. The van der Waals surface area contributed by atoms with Crippen molar-refractivity contribution in [3.8, 4) is 11.1 Å². The van der Waals surface area contributed by atoms with Gasteiger partial charge in [-0.3, -0.25) is 14.7 Å². The molecule has 2 heterocycles. The lowest BCUT2D eigenvalue weighted by Gasteiger charge is -2.32. The standard InChI is InChI=1S/C19H21FN2O3/c1-24-19(23)11-17-13-22(8-9-25-17)12-16-3-2-15(10-18(16)20)14-4-6-21-7-5-14/h2-7,10,17H,8-9,11-13H2,1H3/t17-/m0/s1. The van der Waals surface area contributed by atoms with E-state index in [-0.39, 0.29) is 24.3 Å². The Morgan fingerprint density at radius 2 is 2.12 bits per heavy atom. The summed E-state index contributed by atoms with van der Waals surface area (Å²) in [4.78, 5) is 17.5. The first-order chi connectivity index (χ1) is 12.2. The van der Waals surface area contributed by atoms with Crippen LogP contribution in [0.3, 0.4) is 0 Å². The normalized spacial score (nSPS) is 18.1. The molecule has 0 aliphatic carbocycles. The summed E-state index contributed by atoms with van der Waals surface area (Å²) in [7, 11) is 1.36. The number of esters is 1. The van der Waals surface area contributed by atoms with Crippen molar-refractivity contribution >= 4 is 5.97 Å². The maximum atomic E-state index is 14.5. The smallest absolute Gasteiger partial charge is 0.308 e. The van der Waals surface area contributed by atoms with Gasteiger partial charge in [-0.15, -0.1) is 0 Å². The minimum atomic E-state index is -0.292. The van der Waals surface area contributed by atoms with Gasteiger partial charge in [0.25, 0.3) is 0 Å². The average molecular weight is 344 g/mol. The molecule has 0 amide bonds. The number of aromatic nitrogens is 1. The van der Waals surface area contributed by atoms with E-state index in [2.05, 4.69) is 14.6 Å². The highest BCUT2D eigenvalue weighted by atomic mass is 19.1. The Kier molecular flexibility index (Phi) is 5.73. The summed E-state index contributed by atoms with van der Waals surface area (Å²) < 4.78 is 24.8. The molecule has 1 aliphatic heterocycles. The molecule has 0 spiro atoms. The van der Waals surface area contributed by atoms with Gasteiger partial charge in [0.15, 0.2) is 0 Å². The first-order valence-corrected chi connectivity index (χ1v) is 8.25. The van der Waals surface area contributed by atoms with Crippen molar-refractivity contribution in [3.63, 3.8) is 0 Å². The Hall–Kier alpha value is -2.31. The van der Waals surface area contributed by atoms with Gasteiger partial charge in [0.1, 0.15) is 5.82 Å². The summed E-state index contributed by atoms with van der Waals surface area (Å²) in [6.07, 6.45) is 3.39. The lowest BCUT2D eigenvalue weighted by Crippen LogP contribution is -2.43. The van der Waals surface area contributed by atoms with Crippen molar-refractivity contribution in [1.82, 2.24) is 9.88 Å². The van der Waals surface area contributed by atoms with Gasteiger partial charge >= 0.3 is 5.97 Å². The molecule has 1 aliphatic rings. The third kappa shape index (κ3) is 4.61. The zero-order valence-electron chi connectivity index (χ0n) is 14.2. The molecule has 0 N–H and O–H groups in total. The molecule has 6 heteroatoms. The Morgan fingerprint density at radius 3 is 2.84 bits per heavy atom. The van der Waals surface area contributed by atoms with Gasteiger partial charge in [0.2, 0.25) is 0 Å². The number of morpholine rings is 1. The van der Waals surface area contributed by atoms with Crippen molar-refractivity contribution in [2.75, 3.05) is 26.8 Å².